The molecule has 3 nitrogen and oxygen atoms in total. The molecule has 0 bridgehead atoms. The summed E-state index contributed by atoms with van der Waals surface area (Å²) < 4.78 is 10.8. The molecule has 0 radical (unpaired) electrons. The van der Waals surface area contributed by atoms with Gasteiger partial charge in [-0.1, -0.05) is 17.7 Å². The van der Waals surface area contributed by atoms with E-state index in [2.05, 4.69) is 38.2 Å². The molecule has 0 aliphatic heterocycles. The smallest absolute Gasteiger partial charge is 0.119 e. The molecule has 0 aromatic heterocycles. The molecule has 0 heterocycles. The standard InChI is InChI=1S/C15H25NO2/c1-12-5-7-15(8-6-12)18-11-14(3)16-13(2)9-10-17-4/h5-8,13-14,16H,9-11H2,1-4H3. The van der Waals surface area contributed by atoms with Gasteiger partial charge in [-0.25, -0.2) is 0 Å². The third-order valence-corrected chi connectivity index (χ3v) is 2.85. The summed E-state index contributed by atoms with van der Waals surface area (Å²) in [5.41, 5.74) is 1.25. The van der Waals surface area contributed by atoms with Crippen molar-refractivity contribution in [3.05, 3.63) is 29.8 Å². The summed E-state index contributed by atoms with van der Waals surface area (Å²) in [6.45, 7) is 7.85. The summed E-state index contributed by atoms with van der Waals surface area (Å²) in [5, 5.41) is 3.49. The van der Waals surface area contributed by atoms with Gasteiger partial charge in [0.15, 0.2) is 0 Å². The second-order valence-electron chi connectivity index (χ2n) is 4.87. The lowest BCUT2D eigenvalue weighted by molar-refractivity contribution is 0.179. The second kappa shape index (κ2) is 8.11. The molecule has 1 N–H and O–H groups in total. The fraction of sp³-hybridized carbons (Fsp3) is 0.600. The highest BCUT2D eigenvalue weighted by Crippen LogP contribution is 2.11. The Bertz CT molecular complexity index is 324. The molecule has 3 heteroatoms. The van der Waals surface area contributed by atoms with Crippen LogP contribution in [0.5, 0.6) is 5.75 Å². The Balaban J connectivity index is 2.24. The highest BCUT2D eigenvalue weighted by molar-refractivity contribution is 5.26. The molecule has 1 aromatic rings. The van der Waals surface area contributed by atoms with Crippen molar-refractivity contribution in [2.45, 2.75) is 39.3 Å². The van der Waals surface area contributed by atoms with Crippen LogP contribution in [0.25, 0.3) is 0 Å². The molecule has 0 aliphatic carbocycles. The molecular formula is C15H25NO2. The number of nitrogens with one attached hydrogen (secondary N) is 1. The van der Waals surface area contributed by atoms with Gasteiger partial charge in [-0.15, -0.1) is 0 Å². The minimum absolute atomic E-state index is 0.332. The summed E-state index contributed by atoms with van der Waals surface area (Å²) in [6, 6.07) is 8.93. The van der Waals surface area contributed by atoms with Crippen molar-refractivity contribution >= 4 is 0 Å². The predicted molar refractivity (Wildman–Crippen MR) is 75.2 cm³/mol. The van der Waals surface area contributed by atoms with Crippen LogP contribution in [0, 0.1) is 6.92 Å². The number of hydrogen-bond acceptors (Lipinski definition) is 3. The van der Waals surface area contributed by atoms with Crippen molar-refractivity contribution in [2.24, 2.45) is 0 Å². The average molecular weight is 251 g/mol. The minimum atomic E-state index is 0.332. The lowest BCUT2D eigenvalue weighted by atomic mass is 10.2. The van der Waals surface area contributed by atoms with Gasteiger partial charge in [-0.3, -0.25) is 0 Å². The molecule has 0 saturated carbocycles. The zero-order chi connectivity index (χ0) is 13.4. The molecule has 18 heavy (non-hydrogen) atoms. The second-order valence-corrected chi connectivity index (χ2v) is 4.87. The van der Waals surface area contributed by atoms with E-state index in [1.165, 1.54) is 5.56 Å². The van der Waals surface area contributed by atoms with Gasteiger partial charge in [0.2, 0.25) is 0 Å². The van der Waals surface area contributed by atoms with Gasteiger partial charge in [-0.2, -0.15) is 0 Å². The van der Waals surface area contributed by atoms with E-state index in [9.17, 15) is 0 Å². The SMILES string of the molecule is COCCC(C)NC(C)COc1ccc(C)cc1. The van der Waals surface area contributed by atoms with Gasteiger partial charge >= 0.3 is 0 Å². The van der Waals surface area contributed by atoms with Gasteiger partial charge in [0.1, 0.15) is 12.4 Å². The molecule has 0 spiro atoms. The highest BCUT2D eigenvalue weighted by Gasteiger charge is 2.07. The zero-order valence-electron chi connectivity index (χ0n) is 11.9. The average Bonchev–Trinajstić information content (AvgIpc) is 2.35. The van der Waals surface area contributed by atoms with Gasteiger partial charge < -0.3 is 14.8 Å². The monoisotopic (exact) mass is 251 g/mol. The van der Waals surface area contributed by atoms with E-state index in [-0.39, 0.29) is 0 Å². The van der Waals surface area contributed by atoms with Crippen LogP contribution < -0.4 is 10.1 Å². The van der Waals surface area contributed by atoms with Crippen LogP contribution in [-0.4, -0.2) is 32.4 Å². The molecule has 2 unspecified atom stereocenters. The normalized spacial score (nSPS) is 14.2. The van der Waals surface area contributed by atoms with Crippen molar-refractivity contribution in [2.75, 3.05) is 20.3 Å². The Labute approximate surface area is 110 Å². The lowest BCUT2D eigenvalue weighted by Gasteiger charge is -2.20. The van der Waals surface area contributed by atoms with Gasteiger partial charge in [0.25, 0.3) is 0 Å². The number of hydrogen-bond donors (Lipinski definition) is 1. The topological polar surface area (TPSA) is 30.5 Å². The largest absolute Gasteiger partial charge is 0.492 e. The van der Waals surface area contributed by atoms with Crippen LogP contribution in [0.3, 0.4) is 0 Å². The molecule has 0 fully saturated rings. The maximum absolute atomic E-state index is 5.73. The molecule has 0 aliphatic rings. The number of benzene rings is 1. The minimum Gasteiger partial charge on any atom is -0.492 e. The molecule has 0 saturated heterocycles. The Morgan fingerprint density at radius 1 is 1.11 bits per heavy atom. The molecule has 1 rings (SSSR count). The van der Waals surface area contributed by atoms with Crippen LogP contribution in [0.1, 0.15) is 25.8 Å². The highest BCUT2D eigenvalue weighted by atomic mass is 16.5. The number of ether oxygens (including phenoxy) is 2. The van der Waals surface area contributed by atoms with Crippen LogP contribution in [0.2, 0.25) is 0 Å². The summed E-state index contributed by atoms with van der Waals surface area (Å²) >= 11 is 0. The fourth-order valence-corrected chi connectivity index (χ4v) is 1.77. The van der Waals surface area contributed by atoms with Crippen molar-refractivity contribution in [3.8, 4) is 5.75 Å². The van der Waals surface area contributed by atoms with E-state index in [1.54, 1.807) is 7.11 Å². The Morgan fingerprint density at radius 2 is 1.78 bits per heavy atom. The first-order chi connectivity index (χ1) is 8.61. The van der Waals surface area contributed by atoms with E-state index in [4.69, 9.17) is 9.47 Å². The van der Waals surface area contributed by atoms with Crippen LogP contribution in [0.15, 0.2) is 24.3 Å². The lowest BCUT2D eigenvalue weighted by Crippen LogP contribution is -2.38. The molecule has 0 amide bonds. The zero-order valence-corrected chi connectivity index (χ0v) is 11.9. The van der Waals surface area contributed by atoms with Crippen LogP contribution in [0.4, 0.5) is 0 Å². The summed E-state index contributed by atoms with van der Waals surface area (Å²) in [4.78, 5) is 0. The van der Waals surface area contributed by atoms with Gasteiger partial charge in [0.05, 0.1) is 0 Å². The van der Waals surface area contributed by atoms with Crippen molar-refractivity contribution < 1.29 is 9.47 Å². The quantitative estimate of drug-likeness (QED) is 0.770. The molecule has 2 atom stereocenters. The molecule has 1 aromatic carbocycles. The van der Waals surface area contributed by atoms with Crippen molar-refractivity contribution in [3.63, 3.8) is 0 Å². The van der Waals surface area contributed by atoms with Crippen molar-refractivity contribution in [1.82, 2.24) is 5.32 Å². The van der Waals surface area contributed by atoms with E-state index in [0.29, 0.717) is 18.7 Å². The first-order valence-electron chi connectivity index (χ1n) is 6.56. The molecular weight excluding hydrogens is 226 g/mol. The molecule has 102 valence electrons. The van der Waals surface area contributed by atoms with Crippen LogP contribution >= 0.6 is 0 Å². The maximum atomic E-state index is 5.73. The first kappa shape index (κ1) is 15.0. The third kappa shape index (κ3) is 6.03. The van der Waals surface area contributed by atoms with Gasteiger partial charge in [-0.05, 0) is 39.3 Å². The number of methoxy groups -OCH3 is 1. The predicted octanol–water partition coefficient (Wildman–Crippen LogP) is 2.78. The Kier molecular flexibility index (Phi) is 6.76. The summed E-state index contributed by atoms with van der Waals surface area (Å²) in [5.74, 6) is 0.929. The fourth-order valence-electron chi connectivity index (χ4n) is 1.77. The van der Waals surface area contributed by atoms with E-state index in [1.807, 2.05) is 12.1 Å². The number of aryl methyl sites for hydroxylation is 1. The first-order valence-corrected chi connectivity index (χ1v) is 6.56. The van der Waals surface area contributed by atoms with Gasteiger partial charge in [0, 0.05) is 25.8 Å². The third-order valence-electron chi connectivity index (χ3n) is 2.85. The summed E-state index contributed by atoms with van der Waals surface area (Å²) in [6.07, 6.45) is 1.02. The van der Waals surface area contributed by atoms with E-state index in [0.717, 1.165) is 18.8 Å². The summed E-state index contributed by atoms with van der Waals surface area (Å²) in [7, 11) is 1.73. The van der Waals surface area contributed by atoms with Crippen LogP contribution in [-0.2, 0) is 4.74 Å². The maximum Gasteiger partial charge on any atom is 0.119 e. The number of rotatable bonds is 8. The van der Waals surface area contributed by atoms with E-state index < -0.39 is 0 Å². The Hall–Kier alpha value is -1.06. The Morgan fingerprint density at radius 3 is 2.39 bits per heavy atom. The van der Waals surface area contributed by atoms with E-state index >= 15 is 0 Å². The van der Waals surface area contributed by atoms with Crippen molar-refractivity contribution in [1.29, 1.82) is 0 Å².